The van der Waals surface area contributed by atoms with Gasteiger partial charge in [-0.25, -0.2) is 0 Å². The molecule has 0 amide bonds. The molecule has 1 radical (unpaired) electrons. The van der Waals surface area contributed by atoms with Crippen LogP contribution in [0.15, 0.2) is 0 Å². The summed E-state index contributed by atoms with van der Waals surface area (Å²) in [6.45, 7) is 0. The molecule has 0 unspecified atom stereocenters. The van der Waals surface area contributed by atoms with Gasteiger partial charge < -0.3 is 14.4 Å². The highest BCUT2D eigenvalue weighted by atomic mass is 28.2. The first-order valence-electron chi connectivity index (χ1n) is 1.04. The molecule has 0 aliphatic rings. The third-order valence-corrected chi connectivity index (χ3v) is 0.447. The summed E-state index contributed by atoms with van der Waals surface area (Å²) < 4.78 is 3.89. The maximum atomic E-state index is 7.70. The van der Waals surface area contributed by atoms with E-state index in [1.807, 2.05) is 0 Å². The van der Waals surface area contributed by atoms with E-state index in [-0.39, 0.29) is 0 Å². The van der Waals surface area contributed by atoms with E-state index in [1.165, 1.54) is 0 Å². The van der Waals surface area contributed by atoms with Crippen molar-refractivity contribution in [2.75, 3.05) is 0 Å². The molecule has 2 N–H and O–H groups in total. The molecule has 0 saturated heterocycles. The van der Waals surface area contributed by atoms with Crippen LogP contribution in [0, 0.1) is 0 Å². The number of rotatable bonds is 1. The van der Waals surface area contributed by atoms with E-state index in [9.17, 15) is 0 Å². The lowest BCUT2D eigenvalue weighted by atomic mass is 10.3. The number of hydrogen-bond acceptors (Lipinski definition) is 3. The van der Waals surface area contributed by atoms with Crippen molar-refractivity contribution >= 4 is 17.8 Å². The van der Waals surface area contributed by atoms with E-state index in [2.05, 4.69) is 4.34 Å². The van der Waals surface area contributed by atoms with Crippen molar-refractivity contribution in [3.63, 3.8) is 0 Å². The minimum absolute atomic E-state index is 1.03. The molecule has 0 aliphatic carbocycles. The highest BCUT2D eigenvalue weighted by Gasteiger charge is 1.99. The molecule has 0 saturated carbocycles. The molecule has 0 fully saturated rings. The summed E-state index contributed by atoms with van der Waals surface area (Å²) in [4.78, 5) is 0. The molecule has 5 heavy (non-hydrogen) atoms. The molecule has 0 spiro atoms. The first kappa shape index (κ1) is 5.16. The molecule has 0 heterocycles. The Kier molecular flexibility index (Phi) is 2.48. The molecule has 0 rings (SSSR count). The van der Waals surface area contributed by atoms with E-state index in [0.717, 1.165) is 10.5 Å². The minimum atomic E-state index is -1.60. The average Bonchev–Trinajstić information content (AvgIpc) is 1.38. The van der Waals surface area contributed by atoms with Crippen LogP contribution >= 0.6 is 0 Å². The van der Waals surface area contributed by atoms with Crippen LogP contribution in [0.4, 0.5) is 0 Å². The molecule has 0 aromatic rings. The van der Waals surface area contributed by atoms with Gasteiger partial charge >= 0.3 is 7.32 Å². The molecule has 0 aromatic carbocycles. The van der Waals surface area contributed by atoms with Crippen LogP contribution in [0.1, 0.15) is 0 Å². The van der Waals surface area contributed by atoms with Gasteiger partial charge in [0.15, 0.2) is 10.5 Å². The van der Waals surface area contributed by atoms with Gasteiger partial charge in [0.2, 0.25) is 0 Å². The van der Waals surface area contributed by atoms with Crippen LogP contribution in [-0.4, -0.2) is 27.9 Å². The minimum Gasteiger partial charge on any atom is -0.434 e. The van der Waals surface area contributed by atoms with Gasteiger partial charge in [-0.2, -0.15) is 0 Å². The Balaban J connectivity index is 2.54. The zero-order chi connectivity index (χ0) is 4.28. The van der Waals surface area contributed by atoms with Gasteiger partial charge in [-0.3, -0.25) is 0 Å². The monoisotopic (exact) mass is 91.0 g/mol. The van der Waals surface area contributed by atoms with E-state index < -0.39 is 7.32 Å². The normalized spacial score (nSPS) is 7.80. The zero-order valence-electron chi connectivity index (χ0n) is 2.59. The lowest BCUT2D eigenvalue weighted by Gasteiger charge is -1.85. The van der Waals surface area contributed by atoms with Gasteiger partial charge in [0.25, 0.3) is 0 Å². The Morgan fingerprint density at radius 1 is 1.60 bits per heavy atom. The van der Waals surface area contributed by atoms with Crippen molar-refractivity contribution in [3.8, 4) is 0 Å². The predicted octanol–water partition coefficient (Wildman–Crippen LogP) is -2.48. The fourth-order valence-corrected chi connectivity index (χ4v) is 0. The van der Waals surface area contributed by atoms with Gasteiger partial charge in [0.1, 0.15) is 0 Å². The first-order valence-corrected chi connectivity index (χ1v) is 1.62. The fraction of sp³-hybridized carbons (Fsp3) is 0. The highest BCUT2D eigenvalue weighted by molar-refractivity contribution is 6.38. The molecule has 5 heteroatoms. The Labute approximate surface area is 33.3 Å². The van der Waals surface area contributed by atoms with Crippen LogP contribution in [0.5, 0.6) is 0 Å². The summed E-state index contributed by atoms with van der Waals surface area (Å²) in [5.74, 6) is 0. The second-order valence-electron chi connectivity index (χ2n) is 0.493. The van der Waals surface area contributed by atoms with Gasteiger partial charge in [-0.15, -0.1) is 0 Å². The summed E-state index contributed by atoms with van der Waals surface area (Å²) in [7, 11) is -0.569. The standard InChI is InChI=1S/BH4O3Si/c2-1(3)4-5/h2-3H,5H2. The molecular weight excluding hydrogens is 86.9 g/mol. The van der Waals surface area contributed by atoms with E-state index in [1.54, 1.807) is 0 Å². The molecule has 3 nitrogen and oxygen atoms in total. The summed E-state index contributed by atoms with van der Waals surface area (Å²) in [5.41, 5.74) is 0. The Hall–Kier alpha value is 0.162. The van der Waals surface area contributed by atoms with Crippen LogP contribution in [-0.2, 0) is 4.34 Å². The quantitative estimate of drug-likeness (QED) is 0.351. The summed E-state index contributed by atoms with van der Waals surface area (Å²) >= 11 is 0. The Morgan fingerprint density at radius 2 is 1.80 bits per heavy atom. The third-order valence-electron chi connectivity index (χ3n) is 0.149. The molecule has 0 bridgehead atoms. The van der Waals surface area contributed by atoms with Gasteiger partial charge in [0.05, 0.1) is 0 Å². The summed E-state index contributed by atoms with van der Waals surface area (Å²) in [5, 5.41) is 15.4. The summed E-state index contributed by atoms with van der Waals surface area (Å²) in [6, 6.07) is 0. The molecule has 29 valence electrons. The second kappa shape index (κ2) is 2.40. The average molecular weight is 90.9 g/mol. The van der Waals surface area contributed by atoms with Crippen LogP contribution in [0.3, 0.4) is 0 Å². The Bertz CT molecular complexity index is 20.9. The van der Waals surface area contributed by atoms with E-state index in [0.29, 0.717) is 0 Å². The van der Waals surface area contributed by atoms with Crippen molar-refractivity contribution in [2.24, 2.45) is 0 Å². The second-order valence-corrected chi connectivity index (χ2v) is 0.826. The maximum absolute atomic E-state index is 7.70. The topological polar surface area (TPSA) is 49.7 Å². The van der Waals surface area contributed by atoms with Crippen molar-refractivity contribution < 1.29 is 14.4 Å². The molecule has 0 aromatic heterocycles. The van der Waals surface area contributed by atoms with Gasteiger partial charge in [-0.1, -0.05) is 0 Å². The SMILES string of the molecule is OB(O)O[SiH2]. The van der Waals surface area contributed by atoms with E-state index in [4.69, 9.17) is 10.0 Å². The summed E-state index contributed by atoms with van der Waals surface area (Å²) in [6.07, 6.45) is 0. The molecular formula is H4BO3Si. The zero-order valence-corrected chi connectivity index (χ0v) is 4.00. The molecule has 0 atom stereocenters. The van der Waals surface area contributed by atoms with Crippen molar-refractivity contribution in [3.05, 3.63) is 0 Å². The largest absolute Gasteiger partial charge is 0.622 e. The molecule has 0 aliphatic heterocycles. The predicted molar refractivity (Wildman–Crippen MR) is 19.8 cm³/mol. The van der Waals surface area contributed by atoms with Gasteiger partial charge in [0, 0.05) is 0 Å². The first-order chi connectivity index (χ1) is 2.27. The van der Waals surface area contributed by atoms with Gasteiger partial charge in [-0.05, 0) is 0 Å². The lowest BCUT2D eigenvalue weighted by molar-refractivity contribution is 0.299. The van der Waals surface area contributed by atoms with E-state index >= 15 is 0 Å². The van der Waals surface area contributed by atoms with Crippen LogP contribution in [0.25, 0.3) is 0 Å². The third kappa shape index (κ3) is 4.16. The number of hydrogen-bond donors (Lipinski definition) is 2. The highest BCUT2D eigenvalue weighted by Crippen LogP contribution is 1.58. The Morgan fingerprint density at radius 3 is 1.80 bits per heavy atom. The lowest BCUT2D eigenvalue weighted by Crippen LogP contribution is -2.13. The van der Waals surface area contributed by atoms with Crippen LogP contribution in [0.2, 0.25) is 0 Å². The van der Waals surface area contributed by atoms with Crippen molar-refractivity contribution in [1.29, 1.82) is 0 Å². The smallest absolute Gasteiger partial charge is 0.434 e. The van der Waals surface area contributed by atoms with Crippen molar-refractivity contribution in [2.45, 2.75) is 0 Å². The fourth-order valence-electron chi connectivity index (χ4n) is 0. The van der Waals surface area contributed by atoms with Crippen molar-refractivity contribution in [1.82, 2.24) is 0 Å². The maximum Gasteiger partial charge on any atom is 0.622 e. The van der Waals surface area contributed by atoms with Crippen LogP contribution < -0.4 is 0 Å².